The number of hydrogen-bond acceptors (Lipinski definition) is 2. The largest absolute Gasteiger partial charge is 0.489 e. The highest BCUT2D eigenvalue weighted by atomic mass is 16.5. The van der Waals surface area contributed by atoms with E-state index in [9.17, 15) is 0 Å². The van der Waals surface area contributed by atoms with Gasteiger partial charge in [-0.1, -0.05) is 43.2 Å². The van der Waals surface area contributed by atoms with Crippen molar-refractivity contribution in [3.05, 3.63) is 35.9 Å². The van der Waals surface area contributed by atoms with Crippen LogP contribution in [0.5, 0.6) is 5.75 Å². The van der Waals surface area contributed by atoms with Gasteiger partial charge < -0.3 is 10.1 Å². The summed E-state index contributed by atoms with van der Waals surface area (Å²) in [7, 11) is 0. The number of ether oxygens (including phenoxy) is 1. The summed E-state index contributed by atoms with van der Waals surface area (Å²) in [5.41, 5.74) is 1.15. The molecule has 0 radical (unpaired) electrons. The van der Waals surface area contributed by atoms with Crippen LogP contribution in [0.4, 0.5) is 0 Å². The van der Waals surface area contributed by atoms with Crippen molar-refractivity contribution in [3.63, 3.8) is 0 Å². The van der Waals surface area contributed by atoms with Crippen LogP contribution in [-0.4, -0.2) is 18.7 Å². The van der Waals surface area contributed by atoms with Gasteiger partial charge in [-0.3, -0.25) is 0 Å². The van der Waals surface area contributed by atoms with Crippen molar-refractivity contribution in [2.75, 3.05) is 6.54 Å². The molecule has 104 valence electrons. The summed E-state index contributed by atoms with van der Waals surface area (Å²) < 4.78 is 6.04. The molecule has 2 rings (SSSR count). The van der Waals surface area contributed by atoms with E-state index >= 15 is 0 Å². The molecule has 0 amide bonds. The number of rotatable bonds is 6. The van der Waals surface area contributed by atoms with E-state index < -0.39 is 0 Å². The topological polar surface area (TPSA) is 21.3 Å². The molecule has 19 heavy (non-hydrogen) atoms. The molecule has 0 heterocycles. The van der Waals surface area contributed by atoms with E-state index in [-0.39, 0.29) is 6.10 Å². The van der Waals surface area contributed by atoms with E-state index in [4.69, 9.17) is 4.74 Å². The van der Waals surface area contributed by atoms with E-state index in [1.807, 2.05) is 31.2 Å². The molecule has 1 fully saturated rings. The van der Waals surface area contributed by atoms with Gasteiger partial charge in [0, 0.05) is 18.2 Å². The van der Waals surface area contributed by atoms with Gasteiger partial charge in [-0.15, -0.1) is 0 Å². The van der Waals surface area contributed by atoms with Crippen LogP contribution in [0.25, 0.3) is 6.08 Å². The summed E-state index contributed by atoms with van der Waals surface area (Å²) in [6.07, 6.45) is 9.72. The minimum atomic E-state index is 0.201. The highest BCUT2D eigenvalue weighted by Crippen LogP contribution is 2.21. The summed E-state index contributed by atoms with van der Waals surface area (Å²) in [5.74, 6) is 0.973. The van der Waals surface area contributed by atoms with Crippen molar-refractivity contribution in [2.24, 2.45) is 0 Å². The standard InChI is InChI=1S/C17H25NO/c1-3-8-15-9-4-7-12-17(15)19-14(2)13-18-16-10-5-6-11-16/h3-4,7-9,12,14,16,18H,5-6,10-11,13H2,1-2H3/b8-3+. The van der Waals surface area contributed by atoms with Crippen LogP contribution in [0.2, 0.25) is 0 Å². The van der Waals surface area contributed by atoms with Crippen LogP contribution in [0.15, 0.2) is 30.3 Å². The van der Waals surface area contributed by atoms with Gasteiger partial charge in [0.2, 0.25) is 0 Å². The van der Waals surface area contributed by atoms with Gasteiger partial charge in [0.25, 0.3) is 0 Å². The zero-order valence-electron chi connectivity index (χ0n) is 12.1. The first-order valence-electron chi connectivity index (χ1n) is 7.41. The summed E-state index contributed by atoms with van der Waals surface area (Å²) in [5, 5.41) is 3.61. The normalized spacial score (nSPS) is 18.0. The molecular formula is C17H25NO. The van der Waals surface area contributed by atoms with E-state index in [1.54, 1.807) is 0 Å². The average molecular weight is 259 g/mol. The molecule has 1 aromatic carbocycles. The molecule has 2 heteroatoms. The molecule has 1 saturated carbocycles. The third-order valence-electron chi connectivity index (χ3n) is 3.64. The quantitative estimate of drug-likeness (QED) is 0.833. The van der Waals surface area contributed by atoms with Crippen LogP contribution in [0.1, 0.15) is 45.1 Å². The molecule has 0 bridgehead atoms. The van der Waals surface area contributed by atoms with Crippen molar-refractivity contribution in [1.29, 1.82) is 0 Å². The molecule has 0 aromatic heterocycles. The lowest BCUT2D eigenvalue weighted by molar-refractivity contribution is 0.211. The molecule has 1 N–H and O–H groups in total. The van der Waals surface area contributed by atoms with Gasteiger partial charge in [-0.05, 0) is 32.8 Å². The monoisotopic (exact) mass is 259 g/mol. The fourth-order valence-corrected chi connectivity index (χ4v) is 2.63. The second-order valence-electron chi connectivity index (χ2n) is 5.36. The Morgan fingerprint density at radius 3 is 2.79 bits per heavy atom. The summed E-state index contributed by atoms with van der Waals surface area (Å²) in [4.78, 5) is 0. The maximum atomic E-state index is 6.04. The van der Waals surface area contributed by atoms with E-state index in [0.717, 1.165) is 17.9 Å². The van der Waals surface area contributed by atoms with Gasteiger partial charge in [0.15, 0.2) is 0 Å². The smallest absolute Gasteiger partial charge is 0.126 e. The fraction of sp³-hybridized carbons (Fsp3) is 0.529. The second-order valence-corrected chi connectivity index (χ2v) is 5.36. The average Bonchev–Trinajstić information content (AvgIpc) is 2.92. The summed E-state index contributed by atoms with van der Waals surface area (Å²) >= 11 is 0. The van der Waals surface area contributed by atoms with Crippen molar-refractivity contribution in [3.8, 4) is 5.75 Å². The van der Waals surface area contributed by atoms with Crippen LogP contribution >= 0.6 is 0 Å². The number of nitrogens with one attached hydrogen (secondary N) is 1. The Labute approximate surface area is 116 Å². The Morgan fingerprint density at radius 2 is 2.05 bits per heavy atom. The third kappa shape index (κ3) is 4.39. The number of allylic oxidation sites excluding steroid dienone is 1. The first-order valence-corrected chi connectivity index (χ1v) is 7.41. The molecular weight excluding hydrogens is 234 g/mol. The second kappa shape index (κ2) is 7.34. The van der Waals surface area contributed by atoms with Gasteiger partial charge in [0.05, 0.1) is 0 Å². The molecule has 1 aliphatic carbocycles. The Morgan fingerprint density at radius 1 is 1.32 bits per heavy atom. The van der Waals surface area contributed by atoms with Gasteiger partial charge in [0.1, 0.15) is 11.9 Å². The lowest BCUT2D eigenvalue weighted by Gasteiger charge is -2.19. The van der Waals surface area contributed by atoms with Crippen molar-refractivity contribution in [2.45, 2.75) is 51.7 Å². The molecule has 0 spiro atoms. The predicted molar refractivity (Wildman–Crippen MR) is 81.5 cm³/mol. The van der Waals surface area contributed by atoms with Crippen LogP contribution in [0, 0.1) is 0 Å². The Kier molecular flexibility index (Phi) is 5.46. The van der Waals surface area contributed by atoms with E-state index in [0.29, 0.717) is 6.04 Å². The molecule has 0 saturated heterocycles. The summed E-state index contributed by atoms with van der Waals surface area (Å²) in [6, 6.07) is 8.91. The van der Waals surface area contributed by atoms with Crippen LogP contribution in [-0.2, 0) is 0 Å². The van der Waals surface area contributed by atoms with E-state index in [2.05, 4.69) is 24.4 Å². The minimum Gasteiger partial charge on any atom is -0.489 e. The van der Waals surface area contributed by atoms with Gasteiger partial charge in [-0.2, -0.15) is 0 Å². The molecule has 1 aliphatic rings. The lowest BCUT2D eigenvalue weighted by Crippen LogP contribution is -2.35. The van der Waals surface area contributed by atoms with Gasteiger partial charge >= 0.3 is 0 Å². The molecule has 1 aromatic rings. The SMILES string of the molecule is C/C=C/c1ccccc1OC(C)CNC1CCCC1. The van der Waals surface area contributed by atoms with Crippen molar-refractivity contribution < 1.29 is 4.74 Å². The first-order chi connectivity index (χ1) is 9.29. The fourth-order valence-electron chi connectivity index (χ4n) is 2.63. The van der Waals surface area contributed by atoms with E-state index in [1.165, 1.54) is 25.7 Å². The molecule has 2 nitrogen and oxygen atoms in total. The third-order valence-corrected chi connectivity index (χ3v) is 3.64. The molecule has 1 unspecified atom stereocenters. The summed E-state index contributed by atoms with van der Waals surface area (Å²) in [6.45, 7) is 5.09. The lowest BCUT2D eigenvalue weighted by atomic mass is 10.2. The minimum absolute atomic E-state index is 0.201. The van der Waals surface area contributed by atoms with Crippen molar-refractivity contribution in [1.82, 2.24) is 5.32 Å². The van der Waals surface area contributed by atoms with Crippen LogP contribution in [0.3, 0.4) is 0 Å². The number of para-hydroxylation sites is 1. The first kappa shape index (κ1) is 14.1. The molecule has 0 aliphatic heterocycles. The molecule has 1 atom stereocenters. The zero-order chi connectivity index (χ0) is 13.5. The Bertz CT molecular complexity index is 407. The maximum absolute atomic E-state index is 6.04. The maximum Gasteiger partial charge on any atom is 0.126 e. The van der Waals surface area contributed by atoms with Crippen LogP contribution < -0.4 is 10.1 Å². The van der Waals surface area contributed by atoms with Gasteiger partial charge in [-0.25, -0.2) is 0 Å². The zero-order valence-corrected chi connectivity index (χ0v) is 12.1. The highest BCUT2D eigenvalue weighted by Gasteiger charge is 2.15. The Hall–Kier alpha value is -1.28. The number of benzene rings is 1. The van der Waals surface area contributed by atoms with Crippen molar-refractivity contribution >= 4 is 6.08 Å². The number of hydrogen-bond donors (Lipinski definition) is 1. The Balaban J connectivity index is 1.85. The highest BCUT2D eigenvalue weighted by molar-refractivity contribution is 5.56. The predicted octanol–water partition coefficient (Wildman–Crippen LogP) is 4.02.